The Labute approximate surface area is 151 Å². The maximum atomic E-state index is 12.5. The van der Waals surface area contributed by atoms with Crippen molar-refractivity contribution in [2.75, 3.05) is 39.3 Å². The Bertz CT molecular complexity index is 529. The zero-order valence-electron chi connectivity index (χ0n) is 15.3. The summed E-state index contributed by atoms with van der Waals surface area (Å²) in [7, 11) is 0. The Hall–Kier alpha value is -1.59. The number of hydrogen-bond acceptors (Lipinski definition) is 3. The van der Waals surface area contributed by atoms with Crippen LogP contribution in [0.25, 0.3) is 0 Å². The van der Waals surface area contributed by atoms with Gasteiger partial charge in [0.05, 0.1) is 6.10 Å². The van der Waals surface area contributed by atoms with E-state index < -0.39 is 0 Å². The number of piperidine rings is 1. The Morgan fingerprint density at radius 2 is 1.96 bits per heavy atom. The molecule has 138 valence electrons. The first kappa shape index (κ1) is 18.2. The molecule has 0 aromatic heterocycles. The molecule has 1 aromatic rings. The number of likely N-dealkylation sites (tertiary alicyclic amines) is 1. The number of carbonyl (C=O) groups excluding carboxylic acids is 1. The van der Waals surface area contributed by atoms with Crippen LogP contribution in [0, 0.1) is 0 Å². The summed E-state index contributed by atoms with van der Waals surface area (Å²) in [6.45, 7) is 7.52. The topological polar surface area (TPSA) is 44.8 Å². The lowest BCUT2D eigenvalue weighted by Crippen LogP contribution is -2.50. The fourth-order valence-corrected chi connectivity index (χ4v) is 3.68. The first-order valence-electron chi connectivity index (χ1n) is 9.64. The van der Waals surface area contributed by atoms with Gasteiger partial charge in [0.2, 0.25) is 0 Å². The molecule has 2 saturated heterocycles. The van der Waals surface area contributed by atoms with Gasteiger partial charge in [0.25, 0.3) is 0 Å². The molecule has 2 aliphatic rings. The molecule has 0 aliphatic carbocycles. The number of carbonyl (C=O) groups is 1. The molecular formula is C20H31N3O2. The van der Waals surface area contributed by atoms with Gasteiger partial charge in [-0.1, -0.05) is 30.3 Å². The molecule has 2 aliphatic heterocycles. The highest BCUT2D eigenvalue weighted by molar-refractivity contribution is 5.74. The Morgan fingerprint density at radius 1 is 1.20 bits per heavy atom. The largest absolute Gasteiger partial charge is 0.377 e. The molecule has 1 N–H and O–H groups in total. The fraction of sp³-hybridized carbons (Fsp3) is 0.650. The van der Waals surface area contributed by atoms with Crippen LogP contribution in [0.1, 0.15) is 31.7 Å². The molecule has 1 atom stereocenters. The number of ether oxygens (including phenoxy) is 1. The van der Waals surface area contributed by atoms with Crippen molar-refractivity contribution in [1.82, 2.24) is 15.1 Å². The maximum absolute atomic E-state index is 12.5. The van der Waals surface area contributed by atoms with Gasteiger partial charge in [-0.2, -0.15) is 0 Å². The summed E-state index contributed by atoms with van der Waals surface area (Å²) in [5.41, 5.74) is 1.40. The number of benzene rings is 1. The van der Waals surface area contributed by atoms with E-state index in [1.54, 1.807) is 0 Å². The quantitative estimate of drug-likeness (QED) is 0.912. The van der Waals surface area contributed by atoms with E-state index in [4.69, 9.17) is 4.74 Å². The van der Waals surface area contributed by atoms with Crippen molar-refractivity contribution in [2.45, 2.75) is 44.8 Å². The van der Waals surface area contributed by atoms with E-state index in [-0.39, 0.29) is 12.1 Å². The summed E-state index contributed by atoms with van der Waals surface area (Å²) < 4.78 is 5.62. The molecule has 2 fully saturated rings. The van der Waals surface area contributed by atoms with Crippen molar-refractivity contribution in [1.29, 1.82) is 0 Å². The number of amides is 2. The van der Waals surface area contributed by atoms with Crippen LogP contribution in [0.4, 0.5) is 4.79 Å². The molecule has 2 amide bonds. The first-order valence-corrected chi connectivity index (χ1v) is 9.64. The zero-order chi connectivity index (χ0) is 17.5. The predicted octanol–water partition coefficient (Wildman–Crippen LogP) is 2.51. The monoisotopic (exact) mass is 345 g/mol. The highest BCUT2D eigenvalue weighted by atomic mass is 16.5. The van der Waals surface area contributed by atoms with E-state index in [1.165, 1.54) is 5.56 Å². The molecule has 0 bridgehead atoms. The Morgan fingerprint density at radius 3 is 2.72 bits per heavy atom. The van der Waals surface area contributed by atoms with Crippen LogP contribution in [-0.2, 0) is 11.2 Å². The summed E-state index contributed by atoms with van der Waals surface area (Å²) in [6.07, 6.45) is 4.24. The second-order valence-electron chi connectivity index (χ2n) is 7.28. The summed E-state index contributed by atoms with van der Waals surface area (Å²) >= 11 is 0. The van der Waals surface area contributed by atoms with Crippen molar-refractivity contribution in [3.8, 4) is 0 Å². The molecule has 0 saturated carbocycles. The van der Waals surface area contributed by atoms with Crippen LogP contribution in [0.2, 0.25) is 0 Å². The fourth-order valence-electron chi connectivity index (χ4n) is 3.68. The van der Waals surface area contributed by atoms with Gasteiger partial charge in [-0.15, -0.1) is 0 Å². The molecule has 1 aromatic carbocycles. The lowest BCUT2D eigenvalue weighted by molar-refractivity contribution is 0.0706. The van der Waals surface area contributed by atoms with Gasteiger partial charge in [-0.3, -0.25) is 0 Å². The van der Waals surface area contributed by atoms with Gasteiger partial charge in [0, 0.05) is 45.4 Å². The zero-order valence-corrected chi connectivity index (χ0v) is 15.3. The van der Waals surface area contributed by atoms with Crippen molar-refractivity contribution in [2.24, 2.45) is 0 Å². The summed E-state index contributed by atoms with van der Waals surface area (Å²) in [6, 6.07) is 11.0. The molecule has 3 rings (SSSR count). The van der Waals surface area contributed by atoms with E-state index in [1.807, 2.05) is 11.8 Å². The van der Waals surface area contributed by atoms with Crippen LogP contribution >= 0.6 is 0 Å². The van der Waals surface area contributed by atoms with E-state index in [0.29, 0.717) is 12.6 Å². The third-order valence-electron chi connectivity index (χ3n) is 5.21. The molecular weight excluding hydrogens is 314 g/mol. The smallest absolute Gasteiger partial charge is 0.317 e. The summed E-state index contributed by atoms with van der Waals surface area (Å²) in [4.78, 5) is 16.9. The average Bonchev–Trinajstić information content (AvgIpc) is 2.86. The highest BCUT2D eigenvalue weighted by Gasteiger charge is 2.24. The second-order valence-corrected chi connectivity index (χ2v) is 7.28. The number of hydrogen-bond donors (Lipinski definition) is 1. The van der Waals surface area contributed by atoms with Crippen molar-refractivity contribution >= 4 is 6.03 Å². The summed E-state index contributed by atoms with van der Waals surface area (Å²) in [5, 5.41) is 3.24. The van der Waals surface area contributed by atoms with Crippen LogP contribution < -0.4 is 5.32 Å². The minimum Gasteiger partial charge on any atom is -0.377 e. The minimum absolute atomic E-state index is 0.0834. The average molecular weight is 345 g/mol. The van der Waals surface area contributed by atoms with Gasteiger partial charge in [-0.25, -0.2) is 4.79 Å². The first-order chi connectivity index (χ1) is 12.2. The van der Waals surface area contributed by atoms with Crippen LogP contribution in [-0.4, -0.2) is 67.3 Å². The highest BCUT2D eigenvalue weighted by Crippen LogP contribution is 2.13. The molecule has 2 heterocycles. The van der Waals surface area contributed by atoms with Gasteiger partial charge in [0.15, 0.2) is 0 Å². The lowest BCUT2D eigenvalue weighted by atomic mass is 10.0. The van der Waals surface area contributed by atoms with E-state index >= 15 is 0 Å². The van der Waals surface area contributed by atoms with Gasteiger partial charge >= 0.3 is 6.03 Å². The number of nitrogens with one attached hydrogen (secondary N) is 1. The van der Waals surface area contributed by atoms with Crippen molar-refractivity contribution in [3.63, 3.8) is 0 Å². The van der Waals surface area contributed by atoms with Gasteiger partial charge in [-0.05, 0) is 38.2 Å². The normalized spacial score (nSPS) is 23.2. The van der Waals surface area contributed by atoms with Gasteiger partial charge in [0.1, 0.15) is 0 Å². The molecule has 1 unspecified atom stereocenters. The lowest BCUT2D eigenvalue weighted by Gasteiger charge is -2.33. The van der Waals surface area contributed by atoms with E-state index in [2.05, 4.69) is 40.5 Å². The Kier molecular flexibility index (Phi) is 6.70. The van der Waals surface area contributed by atoms with Crippen LogP contribution in [0.3, 0.4) is 0 Å². The van der Waals surface area contributed by atoms with Crippen molar-refractivity contribution < 1.29 is 9.53 Å². The van der Waals surface area contributed by atoms with Crippen LogP contribution in [0.15, 0.2) is 30.3 Å². The number of nitrogens with zero attached hydrogens (tertiary/aromatic N) is 2. The standard InChI is InChI=1S/C20H31N3O2/c1-17-16-23(11-5-15-25-17)20(24)21-19-9-13-22(14-10-19)12-8-18-6-3-2-4-7-18/h2-4,6-7,17,19H,5,8-16H2,1H3,(H,21,24). The summed E-state index contributed by atoms with van der Waals surface area (Å²) in [5.74, 6) is 0. The predicted molar refractivity (Wildman–Crippen MR) is 99.7 cm³/mol. The van der Waals surface area contributed by atoms with E-state index in [9.17, 15) is 4.79 Å². The maximum Gasteiger partial charge on any atom is 0.317 e. The molecule has 0 radical (unpaired) electrons. The molecule has 5 heteroatoms. The molecule has 25 heavy (non-hydrogen) atoms. The molecule has 0 spiro atoms. The SMILES string of the molecule is CC1CN(C(=O)NC2CCN(CCc3ccccc3)CC2)CCCO1. The van der Waals surface area contributed by atoms with Crippen LogP contribution in [0.5, 0.6) is 0 Å². The Balaban J connectivity index is 1.38. The van der Waals surface area contributed by atoms with Crippen molar-refractivity contribution in [3.05, 3.63) is 35.9 Å². The van der Waals surface area contributed by atoms with Gasteiger partial charge < -0.3 is 19.9 Å². The second kappa shape index (κ2) is 9.20. The minimum atomic E-state index is 0.0834. The number of rotatable bonds is 4. The molecule has 5 nitrogen and oxygen atoms in total. The number of urea groups is 1. The third kappa shape index (κ3) is 5.72. The third-order valence-corrected chi connectivity index (χ3v) is 5.21. The van der Waals surface area contributed by atoms with E-state index in [0.717, 1.165) is 58.5 Å².